The van der Waals surface area contributed by atoms with Crippen molar-refractivity contribution in [3.05, 3.63) is 39.3 Å². The van der Waals surface area contributed by atoms with E-state index in [0.717, 1.165) is 19.9 Å². The average Bonchev–Trinajstić information content (AvgIpc) is 2.64. The van der Waals surface area contributed by atoms with Crippen molar-refractivity contribution in [2.75, 3.05) is 0 Å². The van der Waals surface area contributed by atoms with Gasteiger partial charge in [-0.1, -0.05) is 0 Å². The molecule has 0 bridgehead atoms. The number of carboxylic acid groups (broad SMARTS) is 1. The second-order valence-electron chi connectivity index (χ2n) is 3.30. The number of hydrogen-bond donors (Lipinski definition) is 1. The minimum absolute atomic E-state index is 0.219. The molecule has 5 heteroatoms. The summed E-state index contributed by atoms with van der Waals surface area (Å²) in [5, 5.41) is 8.83. The van der Waals surface area contributed by atoms with Gasteiger partial charge in [-0.15, -0.1) is 11.3 Å². The summed E-state index contributed by atoms with van der Waals surface area (Å²) in [4.78, 5) is 16.0. The number of carboxylic acids is 1. The van der Waals surface area contributed by atoms with Crippen LogP contribution in [0.25, 0.3) is 10.6 Å². The Balaban J connectivity index is 2.47. The lowest BCUT2D eigenvalue weighted by molar-refractivity contribution is 0.0696. The molecule has 2 heterocycles. The number of pyridine rings is 1. The molecule has 2 aromatic rings. The van der Waals surface area contributed by atoms with E-state index in [-0.39, 0.29) is 5.56 Å². The van der Waals surface area contributed by atoms with Crippen molar-refractivity contribution in [1.29, 1.82) is 0 Å². The van der Waals surface area contributed by atoms with Gasteiger partial charge >= 0.3 is 5.97 Å². The molecule has 2 aromatic heterocycles. The highest BCUT2D eigenvalue weighted by molar-refractivity contribution is 9.11. The highest BCUT2D eigenvalue weighted by Crippen LogP contribution is 2.31. The lowest BCUT2D eigenvalue weighted by Gasteiger charge is -2.02. The van der Waals surface area contributed by atoms with Crippen LogP contribution in [0.15, 0.2) is 28.2 Å². The van der Waals surface area contributed by atoms with Crippen molar-refractivity contribution in [1.82, 2.24) is 4.98 Å². The van der Waals surface area contributed by atoms with Gasteiger partial charge in [0, 0.05) is 6.20 Å². The van der Waals surface area contributed by atoms with Crippen molar-refractivity contribution in [2.45, 2.75) is 6.92 Å². The molecular formula is C11H8BrNO2S. The summed E-state index contributed by atoms with van der Waals surface area (Å²) >= 11 is 4.96. The summed E-state index contributed by atoms with van der Waals surface area (Å²) in [6, 6.07) is 5.55. The van der Waals surface area contributed by atoms with E-state index in [1.807, 2.05) is 19.1 Å². The first-order valence-corrected chi connectivity index (χ1v) is 6.14. The van der Waals surface area contributed by atoms with E-state index in [2.05, 4.69) is 20.9 Å². The van der Waals surface area contributed by atoms with Crippen LogP contribution in [-0.4, -0.2) is 16.1 Å². The molecule has 0 saturated carbocycles. The highest BCUT2D eigenvalue weighted by atomic mass is 79.9. The normalized spacial score (nSPS) is 10.4. The molecule has 82 valence electrons. The van der Waals surface area contributed by atoms with Crippen LogP contribution in [0, 0.1) is 6.92 Å². The van der Waals surface area contributed by atoms with Crippen molar-refractivity contribution in [3.8, 4) is 10.6 Å². The number of halogens is 1. The number of nitrogens with zero attached hydrogens (tertiary/aromatic N) is 1. The van der Waals surface area contributed by atoms with Gasteiger partial charge in [-0.25, -0.2) is 4.79 Å². The van der Waals surface area contributed by atoms with Crippen molar-refractivity contribution >= 4 is 33.2 Å². The topological polar surface area (TPSA) is 50.2 Å². The molecule has 0 aliphatic heterocycles. The van der Waals surface area contributed by atoms with Crippen LogP contribution in [0.3, 0.4) is 0 Å². The summed E-state index contributed by atoms with van der Waals surface area (Å²) < 4.78 is 1.03. The van der Waals surface area contributed by atoms with Gasteiger partial charge in [0.1, 0.15) is 0 Å². The standard InChI is InChI=1S/C11H8BrNO2S/c1-6-4-7(11(14)15)5-13-10(6)8-2-3-9(12)16-8/h2-5H,1H3,(H,14,15). The second kappa shape index (κ2) is 4.35. The van der Waals surface area contributed by atoms with E-state index < -0.39 is 5.97 Å². The monoisotopic (exact) mass is 297 g/mol. The molecular weight excluding hydrogens is 290 g/mol. The van der Waals surface area contributed by atoms with E-state index in [1.165, 1.54) is 6.20 Å². The number of thiophene rings is 1. The quantitative estimate of drug-likeness (QED) is 0.922. The summed E-state index contributed by atoms with van der Waals surface area (Å²) in [5.74, 6) is -0.950. The van der Waals surface area contributed by atoms with Gasteiger partial charge < -0.3 is 5.11 Å². The zero-order chi connectivity index (χ0) is 11.7. The summed E-state index contributed by atoms with van der Waals surface area (Å²) in [7, 11) is 0. The largest absolute Gasteiger partial charge is 0.478 e. The molecule has 0 radical (unpaired) electrons. The maximum Gasteiger partial charge on any atom is 0.337 e. The van der Waals surface area contributed by atoms with Crippen LogP contribution in [0.4, 0.5) is 0 Å². The SMILES string of the molecule is Cc1cc(C(=O)O)cnc1-c1ccc(Br)s1. The molecule has 0 aliphatic carbocycles. The molecule has 0 fully saturated rings. The Morgan fingerprint density at radius 3 is 2.75 bits per heavy atom. The Hall–Kier alpha value is -1.20. The molecule has 16 heavy (non-hydrogen) atoms. The predicted molar refractivity (Wildman–Crippen MR) is 66.9 cm³/mol. The third-order valence-electron chi connectivity index (χ3n) is 2.13. The van der Waals surface area contributed by atoms with Crippen LogP contribution in [0.1, 0.15) is 15.9 Å². The van der Waals surface area contributed by atoms with Gasteiger partial charge in [-0.3, -0.25) is 4.98 Å². The lowest BCUT2D eigenvalue weighted by atomic mass is 10.1. The number of aromatic nitrogens is 1. The zero-order valence-electron chi connectivity index (χ0n) is 8.40. The number of aromatic carboxylic acids is 1. The molecule has 2 rings (SSSR count). The maximum absolute atomic E-state index is 10.8. The Kier molecular flexibility index (Phi) is 3.07. The maximum atomic E-state index is 10.8. The number of carbonyl (C=O) groups is 1. The van der Waals surface area contributed by atoms with E-state index in [9.17, 15) is 4.79 Å². The number of aryl methyl sites for hydroxylation is 1. The second-order valence-corrected chi connectivity index (χ2v) is 5.76. The summed E-state index contributed by atoms with van der Waals surface area (Å²) in [6.45, 7) is 1.86. The molecule has 0 unspecified atom stereocenters. The molecule has 0 aromatic carbocycles. The van der Waals surface area contributed by atoms with Gasteiger partial charge in [0.05, 0.1) is 19.9 Å². The number of rotatable bonds is 2. The fraction of sp³-hybridized carbons (Fsp3) is 0.0909. The smallest absolute Gasteiger partial charge is 0.337 e. The van der Waals surface area contributed by atoms with Crippen LogP contribution >= 0.6 is 27.3 Å². The van der Waals surface area contributed by atoms with Crippen LogP contribution in [-0.2, 0) is 0 Å². The van der Waals surface area contributed by atoms with E-state index in [4.69, 9.17) is 5.11 Å². The van der Waals surface area contributed by atoms with Gasteiger partial charge in [0.2, 0.25) is 0 Å². The minimum Gasteiger partial charge on any atom is -0.478 e. The zero-order valence-corrected chi connectivity index (χ0v) is 10.8. The highest BCUT2D eigenvalue weighted by Gasteiger charge is 2.10. The molecule has 0 amide bonds. The molecule has 0 saturated heterocycles. The first kappa shape index (κ1) is 11.3. The van der Waals surface area contributed by atoms with Gasteiger partial charge in [0.15, 0.2) is 0 Å². The fourth-order valence-electron chi connectivity index (χ4n) is 1.39. The van der Waals surface area contributed by atoms with E-state index >= 15 is 0 Å². The average molecular weight is 298 g/mol. The molecule has 0 spiro atoms. The van der Waals surface area contributed by atoms with Gasteiger partial charge in [-0.05, 0) is 46.6 Å². The summed E-state index contributed by atoms with van der Waals surface area (Å²) in [5.41, 5.74) is 1.92. The third-order valence-corrected chi connectivity index (χ3v) is 3.76. The minimum atomic E-state index is -0.950. The van der Waals surface area contributed by atoms with Gasteiger partial charge in [0.25, 0.3) is 0 Å². The lowest BCUT2D eigenvalue weighted by Crippen LogP contribution is -1.99. The molecule has 3 nitrogen and oxygen atoms in total. The molecule has 0 atom stereocenters. The molecule has 1 N–H and O–H groups in total. The Labute approximate surface area is 105 Å². The van der Waals surface area contributed by atoms with Crippen molar-refractivity contribution in [3.63, 3.8) is 0 Å². The third kappa shape index (κ3) is 2.15. The molecule has 0 aliphatic rings. The van der Waals surface area contributed by atoms with Crippen LogP contribution < -0.4 is 0 Å². The number of hydrogen-bond acceptors (Lipinski definition) is 3. The van der Waals surface area contributed by atoms with E-state index in [1.54, 1.807) is 17.4 Å². The summed E-state index contributed by atoms with van der Waals surface area (Å²) in [6.07, 6.45) is 1.39. The predicted octanol–water partition coefficient (Wildman–Crippen LogP) is 3.58. The van der Waals surface area contributed by atoms with Crippen molar-refractivity contribution in [2.24, 2.45) is 0 Å². The Morgan fingerprint density at radius 1 is 1.50 bits per heavy atom. The van der Waals surface area contributed by atoms with Crippen LogP contribution in [0.5, 0.6) is 0 Å². The van der Waals surface area contributed by atoms with Crippen molar-refractivity contribution < 1.29 is 9.90 Å². The Bertz CT molecular complexity index is 551. The first-order valence-electron chi connectivity index (χ1n) is 4.53. The van der Waals surface area contributed by atoms with Gasteiger partial charge in [-0.2, -0.15) is 0 Å². The Morgan fingerprint density at radius 2 is 2.25 bits per heavy atom. The first-order chi connectivity index (χ1) is 7.58. The fourth-order valence-corrected chi connectivity index (χ4v) is 2.84. The van der Waals surface area contributed by atoms with E-state index in [0.29, 0.717) is 0 Å². The van der Waals surface area contributed by atoms with Crippen LogP contribution in [0.2, 0.25) is 0 Å².